The highest BCUT2D eigenvalue weighted by molar-refractivity contribution is 6.16. The third-order valence-corrected chi connectivity index (χ3v) is 2.43. The first-order valence-corrected chi connectivity index (χ1v) is 5.79. The quantitative estimate of drug-likeness (QED) is 0.211. The average molecular weight is 264 g/mol. The monoisotopic (exact) mass is 264 g/mol. The predicted octanol–water partition coefficient (Wildman–Crippen LogP) is 1.99. The Bertz CT molecular complexity index is 480. The minimum absolute atomic E-state index is 0.374. The Hall–Kier alpha value is -2.22. The van der Waals surface area contributed by atoms with E-state index in [4.69, 9.17) is 15.9 Å². The van der Waals surface area contributed by atoms with Gasteiger partial charge in [0.1, 0.15) is 5.76 Å². The molecule has 0 amide bonds. The van der Waals surface area contributed by atoms with E-state index in [-0.39, 0.29) is 0 Å². The summed E-state index contributed by atoms with van der Waals surface area (Å²) in [6.45, 7) is 4.44. The van der Waals surface area contributed by atoms with Gasteiger partial charge in [0, 0.05) is 20.3 Å². The van der Waals surface area contributed by atoms with Gasteiger partial charge in [-0.2, -0.15) is 0 Å². The zero-order valence-corrected chi connectivity index (χ0v) is 11.1. The molecule has 1 aliphatic rings. The number of rotatable bonds is 3. The van der Waals surface area contributed by atoms with Crippen LogP contribution in [0.15, 0.2) is 23.0 Å². The summed E-state index contributed by atoms with van der Waals surface area (Å²) >= 11 is 0. The molecule has 102 valence electrons. The molecule has 5 nitrogen and oxygen atoms in total. The van der Waals surface area contributed by atoms with Crippen molar-refractivity contribution in [2.75, 3.05) is 0 Å². The van der Waals surface area contributed by atoms with Crippen LogP contribution in [0.1, 0.15) is 33.6 Å². The van der Waals surface area contributed by atoms with Gasteiger partial charge in [0.2, 0.25) is 0 Å². The van der Waals surface area contributed by atoms with Crippen LogP contribution in [0.2, 0.25) is 0 Å². The SMILES string of the molecule is C#CCCC=C(C)C(O)=C1C(=O)OC(C)(C)OC1=O. The second-order valence-electron chi connectivity index (χ2n) is 4.53. The number of aliphatic hydroxyl groups excluding tert-OH is 1. The fraction of sp³-hybridized carbons (Fsp3) is 0.429. The number of carbonyl (C=O) groups excluding carboxylic acids is 2. The number of cyclic esters (lactones) is 2. The van der Waals surface area contributed by atoms with Crippen LogP contribution < -0.4 is 0 Å². The van der Waals surface area contributed by atoms with Crippen LogP contribution in [-0.2, 0) is 19.1 Å². The van der Waals surface area contributed by atoms with E-state index in [9.17, 15) is 14.7 Å². The molecule has 0 aliphatic carbocycles. The van der Waals surface area contributed by atoms with Crippen molar-refractivity contribution in [3.05, 3.63) is 23.0 Å². The maximum atomic E-state index is 11.7. The van der Waals surface area contributed by atoms with Crippen molar-refractivity contribution >= 4 is 11.9 Å². The third kappa shape index (κ3) is 3.62. The van der Waals surface area contributed by atoms with Gasteiger partial charge in [0.05, 0.1) is 0 Å². The van der Waals surface area contributed by atoms with E-state index >= 15 is 0 Å². The molecule has 0 aromatic heterocycles. The summed E-state index contributed by atoms with van der Waals surface area (Å²) < 4.78 is 9.79. The number of unbranched alkanes of at least 4 members (excludes halogenated alkanes) is 1. The van der Waals surface area contributed by atoms with Gasteiger partial charge in [0.15, 0.2) is 5.57 Å². The van der Waals surface area contributed by atoms with E-state index in [1.54, 1.807) is 13.0 Å². The van der Waals surface area contributed by atoms with Gasteiger partial charge >= 0.3 is 11.9 Å². The molecule has 1 saturated heterocycles. The molecule has 1 N–H and O–H groups in total. The Labute approximate surface area is 111 Å². The minimum Gasteiger partial charge on any atom is -0.506 e. The maximum Gasteiger partial charge on any atom is 0.352 e. The molecule has 0 bridgehead atoms. The molecular weight excluding hydrogens is 248 g/mol. The molecule has 0 saturated carbocycles. The first kappa shape index (κ1) is 14.8. The number of terminal acetylenes is 1. The van der Waals surface area contributed by atoms with Crippen molar-refractivity contribution in [1.29, 1.82) is 0 Å². The van der Waals surface area contributed by atoms with Gasteiger partial charge < -0.3 is 14.6 Å². The Morgan fingerprint density at radius 3 is 2.37 bits per heavy atom. The number of hydrogen-bond donors (Lipinski definition) is 1. The first-order chi connectivity index (χ1) is 8.78. The normalized spacial score (nSPS) is 18.4. The van der Waals surface area contributed by atoms with E-state index in [0.717, 1.165) is 0 Å². The van der Waals surface area contributed by atoms with Crippen molar-refractivity contribution in [3.63, 3.8) is 0 Å². The lowest BCUT2D eigenvalue weighted by Crippen LogP contribution is -2.42. The number of hydrogen-bond acceptors (Lipinski definition) is 5. The van der Waals surface area contributed by atoms with E-state index in [1.165, 1.54) is 13.8 Å². The average Bonchev–Trinajstić information content (AvgIpc) is 2.26. The molecule has 0 aromatic rings. The molecule has 0 atom stereocenters. The van der Waals surface area contributed by atoms with Gasteiger partial charge in [0.25, 0.3) is 5.79 Å². The van der Waals surface area contributed by atoms with Gasteiger partial charge in [-0.05, 0) is 18.9 Å². The van der Waals surface area contributed by atoms with E-state index in [2.05, 4.69) is 5.92 Å². The van der Waals surface area contributed by atoms with E-state index in [1.807, 2.05) is 0 Å². The highest BCUT2D eigenvalue weighted by Gasteiger charge is 2.41. The standard InChI is InChI=1S/C14H16O5/c1-5-6-7-8-9(2)11(15)10-12(16)18-14(3,4)19-13(10)17/h1,8,15H,6-7H2,2-4H3. The predicted molar refractivity (Wildman–Crippen MR) is 67.7 cm³/mol. The summed E-state index contributed by atoms with van der Waals surface area (Å²) in [5.41, 5.74) is -0.118. The molecule has 0 aromatic carbocycles. The topological polar surface area (TPSA) is 72.8 Å². The van der Waals surface area contributed by atoms with Crippen LogP contribution in [-0.4, -0.2) is 22.8 Å². The van der Waals surface area contributed by atoms with Crippen molar-refractivity contribution < 1.29 is 24.2 Å². The number of esters is 2. The van der Waals surface area contributed by atoms with Gasteiger partial charge in [-0.25, -0.2) is 9.59 Å². The van der Waals surface area contributed by atoms with Crippen molar-refractivity contribution in [2.24, 2.45) is 0 Å². The van der Waals surface area contributed by atoms with E-state index in [0.29, 0.717) is 18.4 Å². The first-order valence-electron chi connectivity index (χ1n) is 5.79. The summed E-state index contributed by atoms with van der Waals surface area (Å²) in [6, 6.07) is 0. The maximum absolute atomic E-state index is 11.7. The summed E-state index contributed by atoms with van der Waals surface area (Å²) in [5.74, 6) is -1.12. The molecule has 19 heavy (non-hydrogen) atoms. The van der Waals surface area contributed by atoms with Crippen LogP contribution in [0.4, 0.5) is 0 Å². The van der Waals surface area contributed by atoms with Gasteiger partial charge in [-0.3, -0.25) is 0 Å². The second kappa shape index (κ2) is 5.61. The number of aliphatic hydroxyl groups is 1. The molecule has 1 rings (SSSR count). The molecule has 0 spiro atoms. The van der Waals surface area contributed by atoms with Crippen LogP contribution in [0, 0.1) is 12.3 Å². The van der Waals surface area contributed by atoms with Crippen LogP contribution in [0.5, 0.6) is 0 Å². The van der Waals surface area contributed by atoms with Crippen molar-refractivity contribution in [1.82, 2.24) is 0 Å². The fourth-order valence-electron chi connectivity index (χ4n) is 1.51. The van der Waals surface area contributed by atoms with Crippen molar-refractivity contribution in [3.8, 4) is 12.3 Å². The van der Waals surface area contributed by atoms with Crippen LogP contribution in [0.25, 0.3) is 0 Å². The lowest BCUT2D eigenvalue weighted by molar-refractivity contribution is -0.222. The molecular formula is C14H16O5. The molecule has 0 unspecified atom stereocenters. The zero-order valence-electron chi connectivity index (χ0n) is 11.1. The summed E-state index contributed by atoms with van der Waals surface area (Å²) in [7, 11) is 0. The largest absolute Gasteiger partial charge is 0.506 e. The Kier molecular flexibility index (Phi) is 4.38. The van der Waals surface area contributed by atoms with Gasteiger partial charge in [-0.1, -0.05) is 6.08 Å². The lowest BCUT2D eigenvalue weighted by Gasteiger charge is -2.30. The number of ether oxygens (including phenoxy) is 2. The van der Waals surface area contributed by atoms with Crippen LogP contribution >= 0.6 is 0 Å². The highest BCUT2D eigenvalue weighted by Crippen LogP contribution is 2.26. The minimum atomic E-state index is -1.32. The fourth-order valence-corrected chi connectivity index (χ4v) is 1.51. The smallest absolute Gasteiger partial charge is 0.352 e. The molecule has 5 heteroatoms. The summed E-state index contributed by atoms with van der Waals surface area (Å²) in [6.07, 6.45) is 7.79. The van der Waals surface area contributed by atoms with Crippen LogP contribution in [0.3, 0.4) is 0 Å². The third-order valence-electron chi connectivity index (χ3n) is 2.43. The van der Waals surface area contributed by atoms with Gasteiger partial charge in [-0.15, -0.1) is 12.3 Å². The highest BCUT2D eigenvalue weighted by atomic mass is 16.7. The molecule has 1 heterocycles. The molecule has 1 aliphatic heterocycles. The Balaban J connectivity index is 3.02. The van der Waals surface area contributed by atoms with E-state index < -0.39 is 29.1 Å². The summed E-state index contributed by atoms with van der Waals surface area (Å²) in [4.78, 5) is 23.4. The lowest BCUT2D eigenvalue weighted by atomic mass is 10.1. The number of allylic oxidation sites excluding steroid dienone is 2. The Morgan fingerprint density at radius 2 is 1.89 bits per heavy atom. The molecule has 1 fully saturated rings. The number of carbonyl (C=O) groups is 2. The second-order valence-corrected chi connectivity index (χ2v) is 4.53. The summed E-state index contributed by atoms with van der Waals surface area (Å²) in [5, 5.41) is 9.91. The zero-order chi connectivity index (χ0) is 14.6. The Morgan fingerprint density at radius 1 is 1.37 bits per heavy atom. The molecule has 0 radical (unpaired) electrons. The van der Waals surface area contributed by atoms with Crippen molar-refractivity contribution in [2.45, 2.75) is 39.4 Å².